The smallest absolute Gasteiger partial charge is 0.273 e. The van der Waals surface area contributed by atoms with E-state index in [1.54, 1.807) is 19.1 Å². The highest BCUT2D eigenvalue weighted by atomic mass is 16.6. The maximum Gasteiger partial charge on any atom is 0.273 e. The van der Waals surface area contributed by atoms with Crippen LogP contribution in [0.25, 0.3) is 0 Å². The van der Waals surface area contributed by atoms with E-state index in [4.69, 9.17) is 0 Å². The molecule has 6 heteroatoms. The molecule has 0 N–H and O–H groups in total. The fraction of sp³-hybridized carbons (Fsp3) is 0.500. The fourth-order valence-corrected chi connectivity index (χ4v) is 5.60. The van der Waals surface area contributed by atoms with E-state index >= 15 is 0 Å². The van der Waals surface area contributed by atoms with Gasteiger partial charge < -0.3 is 4.90 Å². The molecule has 6 nitrogen and oxygen atoms in total. The lowest BCUT2D eigenvalue weighted by molar-refractivity contribution is -0.385. The number of nitrogens with zero attached hydrogens (tertiary/aromatic N) is 3. The summed E-state index contributed by atoms with van der Waals surface area (Å²) in [6.45, 7) is 4.69. The Morgan fingerprint density at radius 3 is 2.41 bits per heavy atom. The number of rotatable bonds is 7. The molecule has 2 aromatic carbocycles. The number of likely N-dealkylation sites (tertiary alicyclic amines) is 1. The van der Waals surface area contributed by atoms with Gasteiger partial charge in [-0.05, 0) is 24.3 Å². The first kappa shape index (κ1) is 22.5. The van der Waals surface area contributed by atoms with Crippen molar-refractivity contribution in [3.05, 3.63) is 75.8 Å². The zero-order valence-corrected chi connectivity index (χ0v) is 18.9. The van der Waals surface area contributed by atoms with Crippen molar-refractivity contribution in [2.75, 3.05) is 19.6 Å². The molecule has 0 bridgehead atoms. The van der Waals surface area contributed by atoms with Gasteiger partial charge in [-0.2, -0.15) is 0 Å². The highest BCUT2D eigenvalue weighted by Crippen LogP contribution is 2.36. The topological polar surface area (TPSA) is 66.7 Å². The van der Waals surface area contributed by atoms with Gasteiger partial charge >= 0.3 is 0 Å². The van der Waals surface area contributed by atoms with Gasteiger partial charge in [0.2, 0.25) is 5.91 Å². The second kappa shape index (κ2) is 10.3. The van der Waals surface area contributed by atoms with Gasteiger partial charge in [0.1, 0.15) is 0 Å². The van der Waals surface area contributed by atoms with E-state index in [2.05, 4.69) is 34.1 Å². The Bertz CT molecular complexity index is 927. The number of nitro benzene ring substituents is 1. The maximum atomic E-state index is 12.6. The first-order chi connectivity index (χ1) is 15.5. The van der Waals surface area contributed by atoms with Crippen LogP contribution in [0.2, 0.25) is 0 Å². The Morgan fingerprint density at radius 1 is 1.03 bits per heavy atom. The second-order valence-electron chi connectivity index (χ2n) is 9.32. The molecule has 0 spiro atoms. The minimum absolute atomic E-state index is 0.167. The number of hydrogen-bond donors (Lipinski definition) is 0. The summed E-state index contributed by atoms with van der Waals surface area (Å²) in [7, 11) is 0. The quantitative estimate of drug-likeness (QED) is 0.454. The van der Waals surface area contributed by atoms with Gasteiger partial charge in [0.05, 0.1) is 4.92 Å². The van der Waals surface area contributed by atoms with Crippen molar-refractivity contribution in [3.63, 3.8) is 0 Å². The van der Waals surface area contributed by atoms with Crippen LogP contribution in [-0.2, 0) is 11.3 Å². The van der Waals surface area contributed by atoms with Crippen molar-refractivity contribution in [2.24, 2.45) is 5.92 Å². The van der Waals surface area contributed by atoms with Crippen LogP contribution in [0, 0.1) is 16.0 Å². The summed E-state index contributed by atoms with van der Waals surface area (Å²) < 4.78 is 0. The lowest BCUT2D eigenvalue weighted by Crippen LogP contribution is -2.44. The number of carbonyl (C=O) groups is 1. The van der Waals surface area contributed by atoms with Crippen LogP contribution in [-0.4, -0.2) is 46.3 Å². The molecule has 1 aliphatic carbocycles. The second-order valence-corrected chi connectivity index (χ2v) is 9.32. The summed E-state index contributed by atoms with van der Waals surface area (Å²) in [4.78, 5) is 28.2. The Kier molecular flexibility index (Phi) is 7.20. The average molecular weight is 436 g/mol. The SMILES string of the molecule is CC(=O)N(CC1CN(Cc2ccccc2[N+](=O)[O-])CC1c1ccccc1)C1CCCCC1. The van der Waals surface area contributed by atoms with Crippen LogP contribution in [0.1, 0.15) is 56.1 Å². The maximum absolute atomic E-state index is 12.6. The molecule has 1 saturated carbocycles. The van der Waals surface area contributed by atoms with E-state index in [9.17, 15) is 14.9 Å². The lowest BCUT2D eigenvalue weighted by Gasteiger charge is -2.36. The standard InChI is InChI=1S/C26H33N3O3/c1-20(30)28(24-13-6-3-7-14-24)18-23-17-27(19-25(23)21-10-4-2-5-11-21)16-22-12-8-9-15-26(22)29(31)32/h2,4-5,8-12,15,23-25H,3,6-7,13-14,16-19H2,1H3. The molecule has 1 amide bonds. The van der Waals surface area contributed by atoms with Crippen molar-refractivity contribution < 1.29 is 9.72 Å². The zero-order valence-electron chi connectivity index (χ0n) is 18.9. The number of nitro groups is 1. The molecule has 1 aliphatic heterocycles. The molecule has 4 rings (SSSR count). The Hall–Kier alpha value is -2.73. The van der Waals surface area contributed by atoms with E-state index in [1.807, 2.05) is 18.2 Å². The largest absolute Gasteiger partial charge is 0.340 e. The molecule has 0 aromatic heterocycles. The predicted octanol–water partition coefficient (Wildman–Crippen LogP) is 4.99. The number of benzene rings is 2. The van der Waals surface area contributed by atoms with Gasteiger partial charge in [-0.1, -0.05) is 67.8 Å². The number of para-hydroxylation sites is 1. The molecule has 2 aliphatic rings. The Balaban J connectivity index is 1.55. The summed E-state index contributed by atoms with van der Waals surface area (Å²) in [5, 5.41) is 11.5. The van der Waals surface area contributed by atoms with Crippen molar-refractivity contribution >= 4 is 11.6 Å². The molecule has 2 aromatic rings. The third-order valence-corrected chi connectivity index (χ3v) is 7.18. The summed E-state index contributed by atoms with van der Waals surface area (Å²) in [5.41, 5.74) is 2.22. The molecule has 32 heavy (non-hydrogen) atoms. The number of amides is 1. The van der Waals surface area contributed by atoms with E-state index in [1.165, 1.54) is 24.8 Å². The minimum atomic E-state index is -0.294. The van der Waals surface area contributed by atoms with Crippen LogP contribution < -0.4 is 0 Å². The van der Waals surface area contributed by atoms with Crippen molar-refractivity contribution in [3.8, 4) is 0 Å². The molecule has 0 radical (unpaired) electrons. The van der Waals surface area contributed by atoms with Crippen LogP contribution in [0.15, 0.2) is 54.6 Å². The Morgan fingerprint density at radius 2 is 1.72 bits per heavy atom. The van der Waals surface area contributed by atoms with Crippen LogP contribution in [0.3, 0.4) is 0 Å². The average Bonchev–Trinajstić information content (AvgIpc) is 3.21. The summed E-state index contributed by atoms with van der Waals surface area (Å²) >= 11 is 0. The van der Waals surface area contributed by atoms with Gasteiger partial charge in [0.25, 0.3) is 5.69 Å². The lowest BCUT2D eigenvalue weighted by atomic mass is 9.87. The molecule has 1 saturated heterocycles. The van der Waals surface area contributed by atoms with Crippen LogP contribution in [0.5, 0.6) is 0 Å². The normalized spacial score (nSPS) is 22.0. The molecule has 2 unspecified atom stereocenters. The van der Waals surface area contributed by atoms with E-state index in [0.29, 0.717) is 24.4 Å². The zero-order chi connectivity index (χ0) is 22.5. The highest BCUT2D eigenvalue weighted by molar-refractivity contribution is 5.73. The van der Waals surface area contributed by atoms with E-state index in [-0.39, 0.29) is 16.5 Å². The van der Waals surface area contributed by atoms with Crippen LogP contribution >= 0.6 is 0 Å². The van der Waals surface area contributed by atoms with Crippen molar-refractivity contribution in [1.29, 1.82) is 0 Å². The highest BCUT2D eigenvalue weighted by Gasteiger charge is 2.37. The fourth-order valence-electron chi connectivity index (χ4n) is 5.60. The molecule has 2 atom stereocenters. The Labute approximate surface area is 190 Å². The third kappa shape index (κ3) is 5.18. The van der Waals surface area contributed by atoms with Crippen molar-refractivity contribution in [1.82, 2.24) is 9.80 Å². The van der Waals surface area contributed by atoms with Gasteiger partial charge in [-0.3, -0.25) is 19.8 Å². The summed E-state index contributed by atoms with van der Waals surface area (Å²) in [6, 6.07) is 17.9. The molecular formula is C26H33N3O3. The molecule has 1 heterocycles. The summed E-state index contributed by atoms with van der Waals surface area (Å²) in [5.74, 6) is 0.788. The molecular weight excluding hydrogens is 402 g/mol. The number of carbonyl (C=O) groups excluding carboxylic acids is 1. The van der Waals surface area contributed by atoms with Crippen molar-refractivity contribution in [2.45, 2.75) is 57.5 Å². The number of hydrogen-bond acceptors (Lipinski definition) is 4. The van der Waals surface area contributed by atoms with Gasteiger partial charge in [0.15, 0.2) is 0 Å². The molecule has 2 fully saturated rings. The monoisotopic (exact) mass is 435 g/mol. The van der Waals surface area contributed by atoms with Crippen LogP contribution in [0.4, 0.5) is 5.69 Å². The minimum Gasteiger partial charge on any atom is -0.340 e. The van der Waals surface area contributed by atoms with Gasteiger partial charge in [-0.25, -0.2) is 0 Å². The van der Waals surface area contributed by atoms with E-state index < -0.39 is 0 Å². The predicted molar refractivity (Wildman–Crippen MR) is 125 cm³/mol. The summed E-state index contributed by atoms with van der Waals surface area (Å²) in [6.07, 6.45) is 5.86. The first-order valence-corrected chi connectivity index (χ1v) is 11.8. The third-order valence-electron chi connectivity index (χ3n) is 7.18. The van der Waals surface area contributed by atoms with E-state index in [0.717, 1.165) is 38.0 Å². The van der Waals surface area contributed by atoms with Gasteiger partial charge in [0, 0.05) is 56.7 Å². The first-order valence-electron chi connectivity index (χ1n) is 11.8. The van der Waals surface area contributed by atoms with Gasteiger partial charge in [-0.15, -0.1) is 0 Å². The molecule has 170 valence electrons.